The first-order valence-electron chi connectivity index (χ1n) is 11.2. The summed E-state index contributed by atoms with van der Waals surface area (Å²) in [5, 5.41) is 14.6. The molecule has 1 aromatic carbocycles. The van der Waals surface area contributed by atoms with E-state index in [4.69, 9.17) is 14.2 Å². The first-order chi connectivity index (χ1) is 16.0. The predicted octanol–water partition coefficient (Wildman–Crippen LogP) is 0.457. The van der Waals surface area contributed by atoms with Gasteiger partial charge in [-0.1, -0.05) is 0 Å². The Kier molecular flexibility index (Phi) is 9.28. The van der Waals surface area contributed by atoms with E-state index in [9.17, 15) is 14.7 Å². The second kappa shape index (κ2) is 12.4. The van der Waals surface area contributed by atoms with Crippen LogP contribution in [0.2, 0.25) is 0 Å². The Morgan fingerprint density at radius 3 is 2.55 bits per heavy atom. The minimum atomic E-state index is -0.296. The van der Waals surface area contributed by atoms with Crippen LogP contribution in [0.15, 0.2) is 17.2 Å². The molecular weight excluding hydrogens is 430 g/mol. The fourth-order valence-electron chi connectivity index (χ4n) is 3.76. The van der Waals surface area contributed by atoms with E-state index in [-0.39, 0.29) is 24.3 Å². The average Bonchev–Trinajstić information content (AvgIpc) is 2.82. The number of phenols is 1. The van der Waals surface area contributed by atoms with Gasteiger partial charge in [0.25, 0.3) is 5.91 Å². The van der Waals surface area contributed by atoms with Gasteiger partial charge in [-0.15, -0.1) is 0 Å². The minimum absolute atomic E-state index is 0.0684. The highest BCUT2D eigenvalue weighted by atomic mass is 16.6. The van der Waals surface area contributed by atoms with Crippen LogP contribution in [-0.4, -0.2) is 111 Å². The first-order valence-corrected chi connectivity index (χ1v) is 11.2. The Labute approximate surface area is 193 Å². The molecule has 11 nitrogen and oxygen atoms in total. The van der Waals surface area contributed by atoms with Crippen LogP contribution in [0.3, 0.4) is 0 Å². The van der Waals surface area contributed by atoms with Crippen LogP contribution >= 0.6 is 0 Å². The number of ether oxygens (including phenoxy) is 3. The van der Waals surface area contributed by atoms with Crippen LogP contribution in [0.4, 0.5) is 4.79 Å². The molecule has 2 N–H and O–H groups in total. The number of morpholine rings is 1. The zero-order chi connectivity index (χ0) is 23.6. The van der Waals surface area contributed by atoms with Crippen molar-refractivity contribution in [2.75, 3.05) is 72.7 Å². The van der Waals surface area contributed by atoms with Crippen LogP contribution < -0.4 is 10.2 Å². The highest BCUT2D eigenvalue weighted by Crippen LogP contribution is 2.32. The SMILES string of the molecule is CCOC(=O)N1CCN(Cc2cc(C=NNC(=O)CN3CCOCC3)cc(OC)c2O)CC1. The van der Waals surface area contributed by atoms with Gasteiger partial charge in [0.1, 0.15) is 0 Å². The molecule has 2 amide bonds. The van der Waals surface area contributed by atoms with Gasteiger partial charge < -0.3 is 24.2 Å². The van der Waals surface area contributed by atoms with Crippen molar-refractivity contribution >= 4 is 18.2 Å². The van der Waals surface area contributed by atoms with Gasteiger partial charge in [0, 0.05) is 51.4 Å². The number of hydrogen-bond donors (Lipinski definition) is 2. The van der Waals surface area contributed by atoms with Gasteiger partial charge in [0.05, 0.1) is 39.7 Å². The number of nitrogens with one attached hydrogen (secondary N) is 1. The number of amides is 2. The lowest BCUT2D eigenvalue weighted by Crippen LogP contribution is -2.48. The van der Waals surface area contributed by atoms with E-state index in [1.807, 2.05) is 11.0 Å². The molecule has 2 heterocycles. The summed E-state index contributed by atoms with van der Waals surface area (Å²) in [7, 11) is 1.49. The number of carbonyl (C=O) groups is 2. The molecule has 182 valence electrons. The van der Waals surface area contributed by atoms with Gasteiger partial charge in [-0.3, -0.25) is 14.6 Å². The molecule has 0 aliphatic carbocycles. The maximum Gasteiger partial charge on any atom is 0.409 e. The summed E-state index contributed by atoms with van der Waals surface area (Å²) in [6.07, 6.45) is 1.23. The maximum atomic E-state index is 12.1. The number of hydrazone groups is 1. The van der Waals surface area contributed by atoms with Gasteiger partial charge in [-0.05, 0) is 24.6 Å². The first kappa shape index (κ1) is 24.7. The lowest BCUT2D eigenvalue weighted by atomic mass is 10.1. The van der Waals surface area contributed by atoms with Crippen LogP contribution in [0.1, 0.15) is 18.1 Å². The molecule has 0 unspecified atom stereocenters. The fraction of sp³-hybridized carbons (Fsp3) is 0.591. The second-order valence-corrected chi connectivity index (χ2v) is 7.87. The third-order valence-electron chi connectivity index (χ3n) is 5.56. The van der Waals surface area contributed by atoms with Crippen molar-refractivity contribution in [2.24, 2.45) is 5.10 Å². The Bertz CT molecular complexity index is 835. The van der Waals surface area contributed by atoms with Crippen LogP contribution in [0, 0.1) is 0 Å². The number of piperazine rings is 1. The van der Waals surface area contributed by atoms with Crippen molar-refractivity contribution in [1.29, 1.82) is 0 Å². The zero-order valence-electron chi connectivity index (χ0n) is 19.3. The number of carbonyl (C=O) groups excluding carboxylic acids is 2. The minimum Gasteiger partial charge on any atom is -0.504 e. The van der Waals surface area contributed by atoms with Gasteiger partial charge in [-0.2, -0.15) is 5.10 Å². The molecule has 0 aromatic heterocycles. The smallest absolute Gasteiger partial charge is 0.409 e. The van der Waals surface area contributed by atoms with Crippen molar-refractivity contribution in [2.45, 2.75) is 13.5 Å². The average molecular weight is 464 g/mol. The number of hydrogen-bond acceptors (Lipinski definition) is 9. The molecule has 0 radical (unpaired) electrons. The predicted molar refractivity (Wildman–Crippen MR) is 122 cm³/mol. The van der Waals surface area contributed by atoms with Crippen molar-refractivity contribution in [1.82, 2.24) is 20.1 Å². The molecule has 33 heavy (non-hydrogen) atoms. The monoisotopic (exact) mass is 463 g/mol. The lowest BCUT2D eigenvalue weighted by molar-refractivity contribution is -0.123. The van der Waals surface area contributed by atoms with Crippen molar-refractivity contribution in [3.63, 3.8) is 0 Å². The third kappa shape index (κ3) is 7.31. The third-order valence-corrected chi connectivity index (χ3v) is 5.56. The molecule has 2 saturated heterocycles. The highest BCUT2D eigenvalue weighted by molar-refractivity contribution is 5.84. The van der Waals surface area contributed by atoms with E-state index in [0.717, 1.165) is 13.1 Å². The van der Waals surface area contributed by atoms with Gasteiger partial charge in [-0.25, -0.2) is 10.2 Å². The number of benzene rings is 1. The quantitative estimate of drug-likeness (QED) is 0.422. The lowest BCUT2D eigenvalue weighted by Gasteiger charge is -2.34. The topological polar surface area (TPSA) is 116 Å². The number of methoxy groups -OCH3 is 1. The molecule has 0 saturated carbocycles. The Balaban J connectivity index is 1.57. The molecule has 3 rings (SSSR count). The summed E-state index contributed by atoms with van der Waals surface area (Å²) in [4.78, 5) is 29.8. The number of aromatic hydroxyl groups is 1. The molecule has 2 aliphatic heterocycles. The van der Waals surface area contributed by atoms with E-state index in [2.05, 4.69) is 15.4 Å². The van der Waals surface area contributed by atoms with Crippen LogP contribution in [0.25, 0.3) is 0 Å². The van der Waals surface area contributed by atoms with E-state index < -0.39 is 0 Å². The molecule has 0 bridgehead atoms. The normalized spacial score (nSPS) is 17.8. The molecule has 0 spiro atoms. The van der Waals surface area contributed by atoms with Crippen LogP contribution in [0.5, 0.6) is 11.5 Å². The standard InChI is InChI=1S/C22H33N5O6/c1-3-33-22(30)27-6-4-25(5-7-27)15-18-12-17(13-19(31-2)21(18)29)14-23-24-20(28)16-26-8-10-32-11-9-26/h12-14,29H,3-11,15-16H2,1-2H3,(H,24,28). The van der Waals surface area contributed by atoms with E-state index in [1.54, 1.807) is 17.9 Å². The van der Waals surface area contributed by atoms with E-state index in [1.165, 1.54) is 13.3 Å². The largest absolute Gasteiger partial charge is 0.504 e. The summed E-state index contributed by atoms with van der Waals surface area (Å²) in [5.41, 5.74) is 3.91. The maximum absolute atomic E-state index is 12.1. The van der Waals surface area contributed by atoms with Gasteiger partial charge >= 0.3 is 6.09 Å². The van der Waals surface area contributed by atoms with Crippen LogP contribution in [-0.2, 0) is 20.8 Å². The summed E-state index contributed by atoms with van der Waals surface area (Å²) in [6, 6.07) is 3.47. The molecular formula is C22H33N5O6. The van der Waals surface area contributed by atoms with Gasteiger partial charge in [0.2, 0.25) is 0 Å². The zero-order valence-corrected chi connectivity index (χ0v) is 19.3. The highest BCUT2D eigenvalue weighted by Gasteiger charge is 2.23. The Morgan fingerprint density at radius 2 is 1.88 bits per heavy atom. The van der Waals surface area contributed by atoms with Crippen molar-refractivity contribution < 1.29 is 28.9 Å². The Morgan fingerprint density at radius 1 is 1.15 bits per heavy atom. The second-order valence-electron chi connectivity index (χ2n) is 7.87. The molecule has 2 fully saturated rings. The fourth-order valence-corrected chi connectivity index (χ4v) is 3.76. The molecule has 2 aliphatic rings. The summed E-state index contributed by atoms with van der Waals surface area (Å²) in [5.74, 6) is 0.205. The summed E-state index contributed by atoms with van der Waals surface area (Å²) < 4.78 is 15.7. The van der Waals surface area contributed by atoms with Crippen molar-refractivity contribution in [3.05, 3.63) is 23.3 Å². The Hall–Kier alpha value is -2.89. The number of nitrogens with zero attached hydrogens (tertiary/aromatic N) is 4. The van der Waals surface area contributed by atoms with Gasteiger partial charge in [0.15, 0.2) is 11.5 Å². The summed E-state index contributed by atoms with van der Waals surface area (Å²) in [6.45, 7) is 8.06. The summed E-state index contributed by atoms with van der Waals surface area (Å²) >= 11 is 0. The number of rotatable bonds is 8. The number of phenolic OH excluding ortho intramolecular Hbond substituents is 1. The molecule has 1 aromatic rings. The van der Waals surface area contributed by atoms with Crippen molar-refractivity contribution in [3.8, 4) is 11.5 Å². The van der Waals surface area contributed by atoms with E-state index >= 15 is 0 Å². The van der Waals surface area contributed by atoms with E-state index in [0.29, 0.717) is 69.4 Å². The molecule has 0 atom stereocenters. The molecule has 11 heteroatoms.